The van der Waals surface area contributed by atoms with Gasteiger partial charge in [-0.1, -0.05) is 12.1 Å². The molecule has 10 heteroatoms. The fraction of sp³-hybridized carbons (Fsp3) is 0.280. The predicted octanol–water partition coefficient (Wildman–Crippen LogP) is 4.93. The predicted molar refractivity (Wildman–Crippen MR) is 137 cm³/mol. The number of fused-ring (bicyclic) bond motifs is 1. The van der Waals surface area contributed by atoms with Crippen molar-refractivity contribution in [1.82, 2.24) is 15.0 Å². The molecule has 4 rings (SSSR count). The SMILES string of the molecule is CCOc1cc2c(Nc3cccc(-c4csc(C(N)=O)n4)c3)nc(COC)nc2cc1OC(C)C. The molecule has 0 fully saturated rings. The summed E-state index contributed by atoms with van der Waals surface area (Å²) in [6.45, 7) is 6.60. The highest BCUT2D eigenvalue weighted by Crippen LogP contribution is 2.36. The summed E-state index contributed by atoms with van der Waals surface area (Å²) in [5, 5.41) is 6.25. The minimum Gasteiger partial charge on any atom is -0.490 e. The second kappa shape index (κ2) is 10.7. The first-order chi connectivity index (χ1) is 16.9. The van der Waals surface area contributed by atoms with Crippen molar-refractivity contribution in [2.45, 2.75) is 33.5 Å². The lowest BCUT2D eigenvalue weighted by Crippen LogP contribution is -2.10. The molecular formula is C25H27N5O4S. The molecule has 0 radical (unpaired) electrons. The number of benzene rings is 2. The first kappa shape index (κ1) is 24.4. The number of carbonyl (C=O) groups excluding carboxylic acids is 1. The van der Waals surface area contributed by atoms with E-state index in [0.29, 0.717) is 41.0 Å². The second-order valence-electron chi connectivity index (χ2n) is 7.95. The number of rotatable bonds is 10. The average molecular weight is 494 g/mol. The Morgan fingerprint density at radius 1 is 1.14 bits per heavy atom. The molecule has 0 bridgehead atoms. The molecule has 0 saturated heterocycles. The molecule has 0 atom stereocenters. The van der Waals surface area contributed by atoms with Crippen LogP contribution in [0.4, 0.5) is 11.5 Å². The molecule has 3 N–H and O–H groups in total. The van der Waals surface area contributed by atoms with Crippen LogP contribution in [0.25, 0.3) is 22.2 Å². The van der Waals surface area contributed by atoms with E-state index in [4.69, 9.17) is 19.9 Å². The van der Waals surface area contributed by atoms with Gasteiger partial charge in [0, 0.05) is 35.2 Å². The van der Waals surface area contributed by atoms with Crippen LogP contribution in [-0.2, 0) is 11.3 Å². The van der Waals surface area contributed by atoms with Crippen molar-refractivity contribution in [3.63, 3.8) is 0 Å². The topological polar surface area (TPSA) is 121 Å². The van der Waals surface area contributed by atoms with Crippen molar-refractivity contribution in [3.05, 3.63) is 52.6 Å². The van der Waals surface area contributed by atoms with Crippen molar-refractivity contribution in [1.29, 1.82) is 0 Å². The van der Waals surface area contributed by atoms with Crippen molar-refractivity contribution < 1.29 is 19.0 Å². The number of amides is 1. The monoisotopic (exact) mass is 493 g/mol. The van der Waals surface area contributed by atoms with Gasteiger partial charge in [-0.15, -0.1) is 11.3 Å². The number of hydrogen-bond acceptors (Lipinski definition) is 9. The van der Waals surface area contributed by atoms with Gasteiger partial charge in [-0.3, -0.25) is 4.79 Å². The van der Waals surface area contributed by atoms with Crippen LogP contribution in [0.1, 0.15) is 36.4 Å². The maximum atomic E-state index is 11.4. The number of aromatic nitrogens is 3. The average Bonchev–Trinajstić information content (AvgIpc) is 3.31. The van der Waals surface area contributed by atoms with E-state index in [2.05, 4.69) is 20.3 Å². The van der Waals surface area contributed by atoms with E-state index in [-0.39, 0.29) is 17.7 Å². The van der Waals surface area contributed by atoms with E-state index in [9.17, 15) is 4.79 Å². The molecule has 1 amide bonds. The van der Waals surface area contributed by atoms with E-state index in [1.54, 1.807) is 12.5 Å². The Bertz CT molecular complexity index is 1360. The number of carbonyl (C=O) groups is 1. The van der Waals surface area contributed by atoms with Crippen LogP contribution in [0.15, 0.2) is 41.8 Å². The number of nitrogens with two attached hydrogens (primary N) is 1. The Morgan fingerprint density at radius 2 is 1.97 bits per heavy atom. The normalized spacial score (nSPS) is 11.1. The van der Waals surface area contributed by atoms with Crippen LogP contribution in [0.2, 0.25) is 0 Å². The minimum absolute atomic E-state index is 0.0203. The first-order valence-electron chi connectivity index (χ1n) is 11.1. The molecule has 182 valence electrons. The third-order valence-corrected chi connectivity index (χ3v) is 5.74. The largest absolute Gasteiger partial charge is 0.490 e. The molecule has 4 aromatic rings. The summed E-state index contributed by atoms with van der Waals surface area (Å²) in [6, 6.07) is 11.4. The smallest absolute Gasteiger partial charge is 0.277 e. The minimum atomic E-state index is -0.542. The van der Waals surface area contributed by atoms with Crippen LogP contribution in [-0.4, -0.2) is 40.7 Å². The maximum Gasteiger partial charge on any atom is 0.277 e. The molecule has 0 aliphatic heterocycles. The van der Waals surface area contributed by atoms with Crippen LogP contribution < -0.4 is 20.5 Å². The third-order valence-electron chi connectivity index (χ3n) is 4.88. The highest BCUT2D eigenvalue weighted by Gasteiger charge is 2.16. The second-order valence-corrected chi connectivity index (χ2v) is 8.80. The Labute approximate surface area is 207 Å². The number of thiazole rings is 1. The molecular weight excluding hydrogens is 466 g/mol. The fourth-order valence-corrected chi connectivity index (χ4v) is 4.18. The standard InChI is InChI=1S/C25H27N5O4S/c1-5-33-20-10-17-18(11-21(20)34-14(2)3)28-22(12-32-4)30-24(17)27-16-8-6-7-15(9-16)19-13-35-25(29-19)23(26)31/h6-11,13-14H,5,12H2,1-4H3,(H2,26,31)(H,27,28,30). The number of nitrogens with one attached hydrogen (secondary N) is 1. The van der Waals surface area contributed by atoms with Gasteiger partial charge in [0.2, 0.25) is 0 Å². The molecule has 2 aromatic heterocycles. The van der Waals surface area contributed by atoms with Gasteiger partial charge in [-0.25, -0.2) is 15.0 Å². The van der Waals surface area contributed by atoms with E-state index in [0.717, 1.165) is 16.6 Å². The maximum absolute atomic E-state index is 11.4. The zero-order valence-electron chi connectivity index (χ0n) is 20.0. The van der Waals surface area contributed by atoms with Crippen LogP contribution in [0.5, 0.6) is 11.5 Å². The van der Waals surface area contributed by atoms with Crippen LogP contribution in [0.3, 0.4) is 0 Å². The van der Waals surface area contributed by atoms with Gasteiger partial charge in [-0.05, 0) is 39.0 Å². The van der Waals surface area contributed by atoms with E-state index >= 15 is 0 Å². The molecule has 2 heterocycles. The quantitative estimate of drug-likeness (QED) is 0.319. The number of hydrogen-bond donors (Lipinski definition) is 2. The summed E-state index contributed by atoms with van der Waals surface area (Å²) in [6.07, 6.45) is -0.0203. The molecule has 9 nitrogen and oxygen atoms in total. The van der Waals surface area contributed by atoms with Crippen LogP contribution in [0, 0.1) is 0 Å². The highest BCUT2D eigenvalue weighted by molar-refractivity contribution is 7.12. The van der Waals surface area contributed by atoms with Gasteiger partial charge in [0.25, 0.3) is 5.91 Å². The number of nitrogens with zero attached hydrogens (tertiary/aromatic N) is 3. The highest BCUT2D eigenvalue weighted by atomic mass is 32.1. The number of anilines is 2. The van der Waals surface area contributed by atoms with Gasteiger partial charge in [0.15, 0.2) is 22.3 Å². The van der Waals surface area contributed by atoms with Gasteiger partial charge in [0.05, 0.1) is 23.9 Å². The van der Waals surface area contributed by atoms with Gasteiger partial charge in [0.1, 0.15) is 12.4 Å². The molecule has 0 aliphatic carbocycles. The third kappa shape index (κ3) is 5.67. The lowest BCUT2D eigenvalue weighted by molar-refractivity contribution is 0.1000. The number of primary amides is 1. The van der Waals surface area contributed by atoms with Gasteiger partial charge >= 0.3 is 0 Å². The molecule has 2 aromatic carbocycles. The fourth-order valence-electron chi connectivity index (χ4n) is 3.50. The van der Waals surface area contributed by atoms with Crippen LogP contribution >= 0.6 is 11.3 Å². The summed E-state index contributed by atoms with van der Waals surface area (Å²) in [5.41, 5.74) is 8.37. The Balaban J connectivity index is 1.77. The summed E-state index contributed by atoms with van der Waals surface area (Å²) in [5.74, 6) is 1.84. The molecule has 0 spiro atoms. The Morgan fingerprint density at radius 3 is 2.66 bits per heavy atom. The van der Waals surface area contributed by atoms with Gasteiger partial charge < -0.3 is 25.3 Å². The Hall–Kier alpha value is -3.76. The zero-order valence-corrected chi connectivity index (χ0v) is 20.8. The van der Waals surface area contributed by atoms with Crippen molar-refractivity contribution >= 4 is 39.7 Å². The summed E-state index contributed by atoms with van der Waals surface area (Å²) in [7, 11) is 1.60. The summed E-state index contributed by atoms with van der Waals surface area (Å²) in [4.78, 5) is 25.1. The lowest BCUT2D eigenvalue weighted by atomic mass is 10.1. The van der Waals surface area contributed by atoms with E-state index in [1.807, 2.05) is 57.2 Å². The number of ether oxygens (including phenoxy) is 3. The summed E-state index contributed by atoms with van der Waals surface area (Å²) >= 11 is 1.22. The lowest BCUT2D eigenvalue weighted by Gasteiger charge is -2.17. The molecule has 0 aliphatic rings. The molecule has 0 saturated carbocycles. The van der Waals surface area contributed by atoms with Crippen molar-refractivity contribution in [2.24, 2.45) is 5.73 Å². The summed E-state index contributed by atoms with van der Waals surface area (Å²) < 4.78 is 17.1. The van der Waals surface area contributed by atoms with Crippen molar-refractivity contribution in [2.75, 3.05) is 19.0 Å². The van der Waals surface area contributed by atoms with Gasteiger partial charge in [-0.2, -0.15) is 0 Å². The molecule has 35 heavy (non-hydrogen) atoms. The van der Waals surface area contributed by atoms with Crippen molar-refractivity contribution in [3.8, 4) is 22.8 Å². The number of methoxy groups -OCH3 is 1. The van der Waals surface area contributed by atoms with E-state index in [1.165, 1.54) is 11.3 Å². The first-order valence-corrected chi connectivity index (χ1v) is 12.0. The zero-order chi connectivity index (χ0) is 24.9. The Kier molecular flexibility index (Phi) is 7.42. The molecule has 0 unspecified atom stereocenters. The van der Waals surface area contributed by atoms with E-state index < -0.39 is 5.91 Å².